The molecular formula is C15H26ClN2Ru. The first-order chi connectivity index (χ1) is 9.40. The van der Waals surface area contributed by atoms with E-state index in [1.54, 1.807) is 4.35 Å². The summed E-state index contributed by atoms with van der Waals surface area (Å²) < 4.78 is 1.55. The van der Waals surface area contributed by atoms with Gasteiger partial charge in [0, 0.05) is 0 Å². The van der Waals surface area contributed by atoms with E-state index in [0.29, 0.717) is 0 Å². The van der Waals surface area contributed by atoms with Gasteiger partial charge in [0.2, 0.25) is 0 Å². The maximum absolute atomic E-state index is 6.41. The second kappa shape index (κ2) is 7.11. The molecule has 1 saturated heterocycles. The maximum atomic E-state index is 6.41. The van der Waals surface area contributed by atoms with Gasteiger partial charge >= 0.3 is 129 Å². The third-order valence-electron chi connectivity index (χ3n) is 5.13. The van der Waals surface area contributed by atoms with Gasteiger partial charge in [-0.15, -0.1) is 0 Å². The predicted octanol–water partition coefficient (Wildman–Crippen LogP) is 3.59. The molecule has 1 aliphatic heterocycles. The van der Waals surface area contributed by atoms with E-state index in [4.69, 9.17) is 9.69 Å². The van der Waals surface area contributed by atoms with E-state index in [1.807, 2.05) is 0 Å². The van der Waals surface area contributed by atoms with E-state index < -0.39 is 0 Å². The zero-order valence-corrected chi connectivity index (χ0v) is 14.3. The predicted molar refractivity (Wildman–Crippen MR) is 78.0 cm³/mol. The molecule has 0 amide bonds. The molecule has 3 aliphatic rings. The zero-order valence-electron chi connectivity index (χ0n) is 11.8. The van der Waals surface area contributed by atoms with Crippen LogP contribution in [0.25, 0.3) is 0 Å². The molecule has 0 aromatic heterocycles. The van der Waals surface area contributed by atoms with Gasteiger partial charge in [0.05, 0.1) is 0 Å². The fourth-order valence-corrected chi connectivity index (χ4v) is 6.39. The SMILES string of the molecule is [Cl][Ru]=[C]1N(C2CCCCC2)CCN1C1CCCCC1. The molecule has 0 unspecified atom stereocenters. The molecule has 2 aliphatic carbocycles. The Morgan fingerprint density at radius 1 is 0.737 bits per heavy atom. The van der Waals surface area contributed by atoms with Crippen molar-refractivity contribution in [2.75, 3.05) is 13.1 Å². The molecule has 111 valence electrons. The number of hydrogen-bond acceptors (Lipinski definition) is 2. The molecule has 4 heteroatoms. The van der Waals surface area contributed by atoms with Crippen LogP contribution in [0.1, 0.15) is 64.2 Å². The fraction of sp³-hybridized carbons (Fsp3) is 0.933. The molecule has 1 heterocycles. The summed E-state index contributed by atoms with van der Waals surface area (Å²) in [6.45, 7) is 2.50. The van der Waals surface area contributed by atoms with E-state index in [1.165, 1.54) is 77.3 Å². The molecule has 0 N–H and O–H groups in total. The first-order valence-electron chi connectivity index (χ1n) is 8.04. The van der Waals surface area contributed by atoms with Crippen LogP contribution >= 0.6 is 9.69 Å². The minimum atomic E-state index is -0.107. The standard InChI is InChI=1S/C15H26N2.ClH.Ru/c1-3-7-14(8-4-1)16-11-12-17(13-16)15-9-5-2-6-10-15;;/h14-15H,1-12H2;1H;/q;;+1/p-1. The van der Waals surface area contributed by atoms with Crippen LogP contribution in [0, 0.1) is 0 Å². The Labute approximate surface area is 129 Å². The quantitative estimate of drug-likeness (QED) is 0.685. The van der Waals surface area contributed by atoms with Gasteiger partial charge in [0.15, 0.2) is 0 Å². The van der Waals surface area contributed by atoms with E-state index in [-0.39, 0.29) is 15.7 Å². The first-order valence-corrected chi connectivity index (χ1v) is 11.1. The Morgan fingerprint density at radius 3 is 1.53 bits per heavy atom. The van der Waals surface area contributed by atoms with Crippen molar-refractivity contribution >= 4 is 14.0 Å². The molecule has 0 spiro atoms. The van der Waals surface area contributed by atoms with Crippen LogP contribution in [0.5, 0.6) is 0 Å². The van der Waals surface area contributed by atoms with Gasteiger partial charge in [0.25, 0.3) is 0 Å². The van der Waals surface area contributed by atoms with Crippen LogP contribution in [0.4, 0.5) is 0 Å². The normalized spacial score (nSPS) is 29.2. The van der Waals surface area contributed by atoms with Gasteiger partial charge < -0.3 is 0 Å². The Morgan fingerprint density at radius 2 is 1.16 bits per heavy atom. The van der Waals surface area contributed by atoms with Crippen LogP contribution in [0.2, 0.25) is 0 Å². The fourth-order valence-electron chi connectivity index (χ4n) is 4.08. The average molecular weight is 371 g/mol. The summed E-state index contributed by atoms with van der Waals surface area (Å²) in [4.78, 5) is 5.41. The average Bonchev–Trinajstić information content (AvgIpc) is 2.93. The van der Waals surface area contributed by atoms with Crippen LogP contribution in [-0.2, 0) is 15.7 Å². The Balaban J connectivity index is 1.67. The topological polar surface area (TPSA) is 6.48 Å². The van der Waals surface area contributed by atoms with Crippen LogP contribution in [-0.4, -0.2) is 39.3 Å². The van der Waals surface area contributed by atoms with Crippen LogP contribution in [0.3, 0.4) is 0 Å². The summed E-state index contributed by atoms with van der Waals surface area (Å²) in [5.41, 5.74) is 0. The minimum absolute atomic E-state index is 0.107. The summed E-state index contributed by atoms with van der Waals surface area (Å²) >= 11 is -0.107. The number of nitrogens with zero attached hydrogens (tertiary/aromatic N) is 2. The van der Waals surface area contributed by atoms with Crippen molar-refractivity contribution in [1.82, 2.24) is 9.80 Å². The van der Waals surface area contributed by atoms with Gasteiger partial charge in [0.1, 0.15) is 0 Å². The van der Waals surface area contributed by atoms with Crippen molar-refractivity contribution in [3.8, 4) is 0 Å². The third kappa shape index (κ3) is 3.31. The molecular weight excluding hydrogens is 345 g/mol. The molecule has 3 fully saturated rings. The molecule has 0 atom stereocenters. The van der Waals surface area contributed by atoms with E-state index in [2.05, 4.69) is 9.80 Å². The zero-order chi connectivity index (χ0) is 13.1. The van der Waals surface area contributed by atoms with Crippen molar-refractivity contribution in [2.24, 2.45) is 0 Å². The molecule has 0 radical (unpaired) electrons. The van der Waals surface area contributed by atoms with Crippen LogP contribution < -0.4 is 0 Å². The first kappa shape index (κ1) is 14.6. The molecule has 0 aromatic rings. The van der Waals surface area contributed by atoms with Crippen molar-refractivity contribution < 1.29 is 15.7 Å². The van der Waals surface area contributed by atoms with Gasteiger partial charge in [-0.1, -0.05) is 0 Å². The van der Waals surface area contributed by atoms with Gasteiger partial charge in [-0.2, -0.15) is 0 Å². The summed E-state index contributed by atoms with van der Waals surface area (Å²) in [5, 5.41) is 0. The second-order valence-electron chi connectivity index (χ2n) is 6.30. The molecule has 19 heavy (non-hydrogen) atoms. The van der Waals surface area contributed by atoms with E-state index in [9.17, 15) is 0 Å². The molecule has 0 aromatic carbocycles. The van der Waals surface area contributed by atoms with E-state index >= 15 is 0 Å². The van der Waals surface area contributed by atoms with Crippen molar-refractivity contribution in [2.45, 2.75) is 76.3 Å². The van der Waals surface area contributed by atoms with E-state index in [0.717, 1.165) is 12.1 Å². The van der Waals surface area contributed by atoms with Gasteiger partial charge in [-0.05, 0) is 0 Å². The van der Waals surface area contributed by atoms with Crippen molar-refractivity contribution in [3.63, 3.8) is 0 Å². The Hall–Kier alpha value is 0.703. The van der Waals surface area contributed by atoms with Crippen molar-refractivity contribution in [1.29, 1.82) is 0 Å². The monoisotopic (exact) mass is 371 g/mol. The Kier molecular flexibility index (Phi) is 5.48. The van der Waals surface area contributed by atoms with Crippen LogP contribution in [0.15, 0.2) is 0 Å². The second-order valence-corrected chi connectivity index (χ2v) is 8.19. The molecule has 2 saturated carbocycles. The molecule has 0 bridgehead atoms. The van der Waals surface area contributed by atoms with Crippen molar-refractivity contribution in [3.05, 3.63) is 0 Å². The van der Waals surface area contributed by atoms with Gasteiger partial charge in [-0.3, -0.25) is 0 Å². The molecule has 3 rings (SSSR count). The summed E-state index contributed by atoms with van der Waals surface area (Å²) in [5.74, 6) is 0. The summed E-state index contributed by atoms with van der Waals surface area (Å²) in [6.07, 6.45) is 14.2. The number of rotatable bonds is 2. The third-order valence-corrected chi connectivity index (χ3v) is 7.13. The molecule has 2 nitrogen and oxygen atoms in total. The summed E-state index contributed by atoms with van der Waals surface area (Å²) in [7, 11) is 6.41. The van der Waals surface area contributed by atoms with Gasteiger partial charge in [-0.25, -0.2) is 0 Å². The summed E-state index contributed by atoms with van der Waals surface area (Å²) in [6, 6.07) is 1.62. The Bertz CT molecular complexity index is 294. The number of halogens is 1. The number of hydrogen-bond donors (Lipinski definition) is 0.